The highest BCUT2D eigenvalue weighted by atomic mass is 19.1. The first-order valence-corrected chi connectivity index (χ1v) is 6.90. The molecule has 0 nitrogen and oxygen atoms in total. The van der Waals surface area contributed by atoms with E-state index in [1.165, 1.54) is 50.2 Å². The summed E-state index contributed by atoms with van der Waals surface area (Å²) in [4.78, 5) is 0. The lowest BCUT2D eigenvalue weighted by molar-refractivity contribution is 0.237. The lowest BCUT2D eigenvalue weighted by Crippen LogP contribution is -2.28. The molecule has 2 rings (SSSR count). The Hall–Kier alpha value is -0.850. The molecule has 0 N–H and O–H groups in total. The van der Waals surface area contributed by atoms with Gasteiger partial charge in [0.05, 0.1) is 0 Å². The topological polar surface area (TPSA) is 0 Å². The molecule has 17 heavy (non-hydrogen) atoms. The van der Waals surface area contributed by atoms with E-state index in [1.54, 1.807) is 6.07 Å². The van der Waals surface area contributed by atoms with Crippen LogP contribution in [-0.4, -0.2) is 0 Å². The summed E-state index contributed by atoms with van der Waals surface area (Å²) < 4.78 is 13.3. The second-order valence-electron chi connectivity index (χ2n) is 5.80. The van der Waals surface area contributed by atoms with Gasteiger partial charge < -0.3 is 0 Å². The van der Waals surface area contributed by atoms with Crippen molar-refractivity contribution in [3.63, 3.8) is 0 Å². The molecular formula is C16H23F. The summed E-state index contributed by atoms with van der Waals surface area (Å²) in [6.45, 7) is 4.56. The van der Waals surface area contributed by atoms with Crippen molar-refractivity contribution >= 4 is 0 Å². The summed E-state index contributed by atoms with van der Waals surface area (Å²) in [6, 6.07) is 7.19. The van der Waals surface area contributed by atoms with E-state index in [1.807, 2.05) is 6.07 Å². The third kappa shape index (κ3) is 2.88. The predicted octanol–water partition coefficient (Wildman–Crippen LogP) is 5.07. The number of hydrogen-bond acceptors (Lipinski definition) is 0. The van der Waals surface area contributed by atoms with Gasteiger partial charge >= 0.3 is 0 Å². The standard InChI is InChI=1S/C16H23F/c1-3-5-13-8-10-16(2,11-9-13)14-6-4-7-15(17)12-14/h4,6-7,12-13H,3,5,8-11H2,1-2H3. The van der Waals surface area contributed by atoms with Crippen molar-refractivity contribution in [1.82, 2.24) is 0 Å². The van der Waals surface area contributed by atoms with Crippen molar-refractivity contribution < 1.29 is 4.39 Å². The lowest BCUT2D eigenvalue weighted by Gasteiger charge is -2.38. The monoisotopic (exact) mass is 234 g/mol. The van der Waals surface area contributed by atoms with Gasteiger partial charge in [-0.2, -0.15) is 0 Å². The van der Waals surface area contributed by atoms with Crippen LogP contribution in [0.4, 0.5) is 4.39 Å². The van der Waals surface area contributed by atoms with E-state index in [0.717, 1.165) is 5.92 Å². The third-order valence-corrected chi connectivity index (χ3v) is 4.43. The van der Waals surface area contributed by atoms with Gasteiger partial charge in [-0.05, 0) is 54.7 Å². The average Bonchev–Trinajstić information content (AvgIpc) is 2.33. The number of benzene rings is 1. The van der Waals surface area contributed by atoms with E-state index in [0.29, 0.717) is 0 Å². The zero-order chi connectivity index (χ0) is 12.3. The summed E-state index contributed by atoms with van der Waals surface area (Å²) in [7, 11) is 0. The highest BCUT2D eigenvalue weighted by Crippen LogP contribution is 2.42. The van der Waals surface area contributed by atoms with E-state index in [2.05, 4.69) is 19.9 Å². The Kier molecular flexibility index (Phi) is 3.86. The summed E-state index contributed by atoms with van der Waals surface area (Å²) in [5.41, 5.74) is 1.39. The molecule has 1 aromatic carbocycles. The van der Waals surface area contributed by atoms with Crippen LogP contribution < -0.4 is 0 Å². The Labute approximate surface area is 104 Å². The first-order chi connectivity index (χ1) is 8.14. The van der Waals surface area contributed by atoms with E-state index in [-0.39, 0.29) is 11.2 Å². The molecule has 0 bridgehead atoms. The molecule has 1 aliphatic rings. The highest BCUT2D eigenvalue weighted by Gasteiger charge is 2.32. The van der Waals surface area contributed by atoms with Crippen LogP contribution in [0.1, 0.15) is 57.9 Å². The molecule has 0 radical (unpaired) electrons. The Bertz CT molecular complexity index is 362. The zero-order valence-electron chi connectivity index (χ0n) is 11.0. The summed E-state index contributed by atoms with van der Waals surface area (Å²) in [5.74, 6) is 0.807. The molecule has 1 aromatic rings. The Morgan fingerprint density at radius 3 is 2.59 bits per heavy atom. The minimum Gasteiger partial charge on any atom is -0.207 e. The Morgan fingerprint density at radius 2 is 2.00 bits per heavy atom. The minimum atomic E-state index is -0.0978. The molecule has 0 heterocycles. The van der Waals surface area contributed by atoms with Gasteiger partial charge in [-0.1, -0.05) is 38.8 Å². The molecule has 1 fully saturated rings. The van der Waals surface area contributed by atoms with Crippen molar-refractivity contribution in [1.29, 1.82) is 0 Å². The van der Waals surface area contributed by atoms with E-state index in [4.69, 9.17) is 0 Å². The van der Waals surface area contributed by atoms with Gasteiger partial charge in [0.2, 0.25) is 0 Å². The van der Waals surface area contributed by atoms with Crippen LogP contribution in [0, 0.1) is 11.7 Å². The van der Waals surface area contributed by atoms with Crippen LogP contribution in [0.5, 0.6) is 0 Å². The van der Waals surface area contributed by atoms with Crippen molar-refractivity contribution in [2.45, 2.75) is 57.8 Å². The largest absolute Gasteiger partial charge is 0.207 e. The minimum absolute atomic E-state index is 0.0978. The molecule has 0 aromatic heterocycles. The molecule has 0 unspecified atom stereocenters. The average molecular weight is 234 g/mol. The number of halogens is 1. The molecule has 1 saturated carbocycles. The molecule has 0 saturated heterocycles. The maximum Gasteiger partial charge on any atom is 0.123 e. The van der Waals surface area contributed by atoms with Gasteiger partial charge in [-0.25, -0.2) is 4.39 Å². The van der Waals surface area contributed by atoms with Crippen LogP contribution in [-0.2, 0) is 5.41 Å². The van der Waals surface area contributed by atoms with Crippen molar-refractivity contribution in [3.05, 3.63) is 35.6 Å². The van der Waals surface area contributed by atoms with Gasteiger partial charge in [-0.3, -0.25) is 0 Å². The van der Waals surface area contributed by atoms with E-state index < -0.39 is 0 Å². The van der Waals surface area contributed by atoms with Crippen molar-refractivity contribution in [2.75, 3.05) is 0 Å². The number of rotatable bonds is 3. The molecule has 0 aliphatic heterocycles. The van der Waals surface area contributed by atoms with Gasteiger partial charge in [0.1, 0.15) is 5.82 Å². The second-order valence-corrected chi connectivity index (χ2v) is 5.80. The first-order valence-electron chi connectivity index (χ1n) is 6.90. The third-order valence-electron chi connectivity index (χ3n) is 4.43. The molecular weight excluding hydrogens is 211 g/mol. The molecule has 1 heteroatoms. The second kappa shape index (κ2) is 5.20. The SMILES string of the molecule is CCCC1CCC(C)(c2cccc(F)c2)CC1. The maximum absolute atomic E-state index is 13.3. The summed E-state index contributed by atoms with van der Waals surface area (Å²) in [6.07, 6.45) is 7.69. The highest BCUT2D eigenvalue weighted by molar-refractivity contribution is 5.25. The lowest BCUT2D eigenvalue weighted by atomic mass is 9.67. The summed E-state index contributed by atoms with van der Waals surface area (Å²) >= 11 is 0. The van der Waals surface area contributed by atoms with Crippen LogP contribution in [0.15, 0.2) is 24.3 Å². The molecule has 94 valence electrons. The van der Waals surface area contributed by atoms with Crippen molar-refractivity contribution in [2.24, 2.45) is 5.92 Å². The quantitative estimate of drug-likeness (QED) is 0.684. The predicted molar refractivity (Wildman–Crippen MR) is 70.6 cm³/mol. The Morgan fingerprint density at radius 1 is 1.29 bits per heavy atom. The van der Waals surface area contributed by atoms with Gasteiger partial charge in [0, 0.05) is 0 Å². The fourth-order valence-corrected chi connectivity index (χ4v) is 3.16. The zero-order valence-corrected chi connectivity index (χ0v) is 11.0. The fraction of sp³-hybridized carbons (Fsp3) is 0.625. The molecule has 0 spiro atoms. The molecule has 0 amide bonds. The molecule has 0 atom stereocenters. The maximum atomic E-state index is 13.3. The van der Waals surface area contributed by atoms with Crippen molar-refractivity contribution in [3.8, 4) is 0 Å². The van der Waals surface area contributed by atoms with E-state index >= 15 is 0 Å². The first kappa shape index (κ1) is 12.6. The smallest absolute Gasteiger partial charge is 0.123 e. The van der Waals surface area contributed by atoms with Crippen LogP contribution in [0.2, 0.25) is 0 Å². The van der Waals surface area contributed by atoms with Crippen LogP contribution in [0.25, 0.3) is 0 Å². The fourth-order valence-electron chi connectivity index (χ4n) is 3.16. The summed E-state index contributed by atoms with van der Waals surface area (Å²) in [5, 5.41) is 0. The van der Waals surface area contributed by atoms with Crippen LogP contribution in [0.3, 0.4) is 0 Å². The normalized spacial score (nSPS) is 29.2. The van der Waals surface area contributed by atoms with Gasteiger partial charge in [0.15, 0.2) is 0 Å². The molecule has 1 aliphatic carbocycles. The number of hydrogen-bond donors (Lipinski definition) is 0. The van der Waals surface area contributed by atoms with E-state index in [9.17, 15) is 4.39 Å². The Balaban J connectivity index is 2.06. The van der Waals surface area contributed by atoms with Crippen LogP contribution >= 0.6 is 0 Å². The van der Waals surface area contributed by atoms with Gasteiger partial charge in [0.25, 0.3) is 0 Å². The van der Waals surface area contributed by atoms with Gasteiger partial charge in [-0.15, -0.1) is 0 Å².